The molecule has 2 N–H and O–H groups in total. The minimum absolute atomic E-state index is 0.0131. The number of hydrogen-bond donors (Lipinski definition) is 1. The Morgan fingerprint density at radius 3 is 2.62 bits per heavy atom. The first-order valence-corrected chi connectivity index (χ1v) is 5.98. The van der Waals surface area contributed by atoms with Gasteiger partial charge in [0.1, 0.15) is 12.4 Å². The van der Waals surface area contributed by atoms with Crippen molar-refractivity contribution in [3.05, 3.63) is 35.8 Å². The molecule has 21 heavy (non-hydrogen) atoms. The third-order valence-electron chi connectivity index (χ3n) is 2.79. The van der Waals surface area contributed by atoms with Crippen molar-refractivity contribution in [2.75, 3.05) is 13.2 Å². The smallest absolute Gasteiger partial charge is 0.330 e. The van der Waals surface area contributed by atoms with E-state index in [1.54, 1.807) is 6.07 Å². The van der Waals surface area contributed by atoms with Gasteiger partial charge in [-0.2, -0.15) is 8.78 Å². The van der Waals surface area contributed by atoms with Crippen molar-refractivity contribution in [1.29, 1.82) is 0 Å². The third kappa shape index (κ3) is 3.51. The van der Waals surface area contributed by atoms with E-state index in [0.29, 0.717) is 5.39 Å². The summed E-state index contributed by atoms with van der Waals surface area (Å²) in [6, 6.07) is 4.73. The molecule has 0 aliphatic rings. The highest BCUT2D eigenvalue weighted by atomic mass is 19.3. The molecule has 2 rings (SSSR count). The number of nitrogens with two attached hydrogens (primary N) is 1. The number of benzene rings is 1. The summed E-state index contributed by atoms with van der Waals surface area (Å²) in [5.41, 5.74) is 5.63. The van der Waals surface area contributed by atoms with E-state index in [0.717, 1.165) is 0 Å². The summed E-state index contributed by atoms with van der Waals surface area (Å²) >= 11 is 0. The van der Waals surface area contributed by atoms with E-state index in [9.17, 15) is 22.0 Å². The predicted molar refractivity (Wildman–Crippen MR) is 64.9 cm³/mol. The molecule has 116 valence electrons. The highest BCUT2D eigenvalue weighted by molar-refractivity contribution is 5.78. The van der Waals surface area contributed by atoms with Gasteiger partial charge in [0.25, 0.3) is 0 Å². The highest BCUT2D eigenvalue weighted by Gasteiger charge is 2.41. The summed E-state index contributed by atoms with van der Waals surface area (Å²) in [7, 11) is 0. The van der Waals surface area contributed by atoms with Crippen LogP contribution >= 0.6 is 0 Å². The molecule has 1 unspecified atom stereocenters. The van der Waals surface area contributed by atoms with Gasteiger partial charge >= 0.3 is 12.3 Å². The van der Waals surface area contributed by atoms with Crippen molar-refractivity contribution < 1.29 is 31.1 Å². The topological polar surface area (TPSA) is 48.4 Å². The van der Waals surface area contributed by atoms with E-state index < -0.39 is 37.4 Å². The average Bonchev–Trinajstić information content (AvgIpc) is 2.83. The predicted octanol–water partition coefficient (Wildman–Crippen LogP) is 3.49. The van der Waals surface area contributed by atoms with Gasteiger partial charge in [-0.25, -0.2) is 13.2 Å². The van der Waals surface area contributed by atoms with E-state index in [4.69, 9.17) is 10.2 Å². The van der Waals surface area contributed by atoms with Crippen LogP contribution in [-0.4, -0.2) is 25.6 Å². The van der Waals surface area contributed by atoms with Crippen LogP contribution in [-0.2, 0) is 4.74 Å². The van der Waals surface area contributed by atoms with Crippen LogP contribution in [0.2, 0.25) is 0 Å². The summed E-state index contributed by atoms with van der Waals surface area (Å²) < 4.78 is 72.2. The van der Waals surface area contributed by atoms with Crippen LogP contribution in [0.3, 0.4) is 0 Å². The maximum Gasteiger partial charge on any atom is 0.330 e. The first-order chi connectivity index (χ1) is 9.81. The molecular formula is C13H12F5NO2. The number of halogens is 5. The fourth-order valence-corrected chi connectivity index (χ4v) is 1.70. The Morgan fingerprint density at radius 1 is 1.29 bits per heavy atom. The maximum atomic E-state index is 13.4. The van der Waals surface area contributed by atoms with E-state index >= 15 is 0 Å². The van der Waals surface area contributed by atoms with Gasteiger partial charge in [0.15, 0.2) is 11.4 Å². The summed E-state index contributed by atoms with van der Waals surface area (Å²) in [6.45, 7) is -1.91. The van der Waals surface area contributed by atoms with Crippen molar-refractivity contribution in [3.63, 3.8) is 0 Å². The lowest BCUT2D eigenvalue weighted by Gasteiger charge is -2.16. The zero-order valence-corrected chi connectivity index (χ0v) is 10.7. The molecule has 8 heteroatoms. The lowest BCUT2D eigenvalue weighted by atomic mass is 10.2. The van der Waals surface area contributed by atoms with Gasteiger partial charge in [-0.15, -0.1) is 0 Å². The largest absolute Gasteiger partial charge is 0.456 e. The van der Waals surface area contributed by atoms with E-state index in [-0.39, 0.29) is 11.3 Å². The van der Waals surface area contributed by atoms with Gasteiger partial charge in [0, 0.05) is 5.39 Å². The van der Waals surface area contributed by atoms with Crippen LogP contribution in [0.4, 0.5) is 22.0 Å². The van der Waals surface area contributed by atoms with Gasteiger partial charge in [-0.1, -0.05) is 12.1 Å². The van der Waals surface area contributed by atoms with E-state index in [1.165, 1.54) is 18.2 Å². The molecule has 0 spiro atoms. The Bertz CT molecular complexity index is 614. The van der Waals surface area contributed by atoms with Crippen LogP contribution < -0.4 is 5.73 Å². The van der Waals surface area contributed by atoms with Crippen LogP contribution in [0.5, 0.6) is 0 Å². The molecule has 0 radical (unpaired) electrons. The quantitative estimate of drug-likeness (QED) is 0.831. The molecule has 1 heterocycles. The second kappa shape index (κ2) is 5.98. The van der Waals surface area contributed by atoms with E-state index in [2.05, 4.69) is 4.74 Å². The molecule has 0 amide bonds. The molecule has 0 saturated carbocycles. The van der Waals surface area contributed by atoms with Crippen molar-refractivity contribution >= 4 is 11.0 Å². The molecule has 3 nitrogen and oxygen atoms in total. The van der Waals surface area contributed by atoms with Gasteiger partial charge in [0.05, 0.1) is 12.6 Å². The molecule has 0 aliphatic heterocycles. The van der Waals surface area contributed by atoms with Crippen molar-refractivity contribution in [1.82, 2.24) is 0 Å². The lowest BCUT2D eigenvalue weighted by molar-refractivity contribution is -0.166. The van der Waals surface area contributed by atoms with Crippen LogP contribution in [0.25, 0.3) is 11.0 Å². The zero-order chi connectivity index (χ0) is 15.6. The summed E-state index contributed by atoms with van der Waals surface area (Å²) in [5, 5.41) is 0.457. The highest BCUT2D eigenvalue weighted by Crippen LogP contribution is 2.26. The maximum absolute atomic E-state index is 13.4. The van der Waals surface area contributed by atoms with Crippen molar-refractivity contribution in [2.45, 2.75) is 18.4 Å². The molecule has 1 aromatic carbocycles. The Kier molecular flexibility index (Phi) is 4.48. The fourth-order valence-electron chi connectivity index (χ4n) is 1.70. The molecule has 2 aromatic rings. The van der Waals surface area contributed by atoms with Gasteiger partial charge in [-0.05, 0) is 12.1 Å². The molecular weight excluding hydrogens is 297 g/mol. The number of para-hydroxylation sites is 1. The average molecular weight is 309 g/mol. The normalized spacial score (nSPS) is 14.0. The number of alkyl halides is 4. The van der Waals surface area contributed by atoms with E-state index in [1.807, 2.05) is 0 Å². The van der Waals surface area contributed by atoms with Crippen molar-refractivity contribution in [2.24, 2.45) is 5.73 Å². The van der Waals surface area contributed by atoms with Gasteiger partial charge in [0.2, 0.25) is 0 Å². The molecule has 1 aromatic heterocycles. The fraction of sp³-hybridized carbons (Fsp3) is 0.385. The Hall–Kier alpha value is -1.67. The van der Waals surface area contributed by atoms with Crippen molar-refractivity contribution in [3.8, 4) is 0 Å². The molecule has 0 aliphatic carbocycles. The number of hydrogen-bond acceptors (Lipinski definition) is 3. The first-order valence-electron chi connectivity index (χ1n) is 5.98. The Labute approximate surface area is 116 Å². The first kappa shape index (κ1) is 15.7. The monoisotopic (exact) mass is 309 g/mol. The minimum Gasteiger partial charge on any atom is -0.456 e. The number of rotatable bonds is 6. The summed E-state index contributed by atoms with van der Waals surface area (Å²) in [6.07, 6.45) is -3.81. The Balaban J connectivity index is 1.99. The third-order valence-corrected chi connectivity index (χ3v) is 2.79. The second-order valence-corrected chi connectivity index (χ2v) is 4.49. The zero-order valence-electron chi connectivity index (χ0n) is 10.7. The van der Waals surface area contributed by atoms with Gasteiger partial charge in [-0.3, -0.25) is 0 Å². The standard InChI is InChI=1S/C13H12F5NO2/c14-8-3-1-2-7-4-10(21-11(7)8)9(19)5-20-6-13(17,18)12(15)16/h1-4,9,12H,5-6,19H2. The SMILES string of the molecule is NC(COCC(F)(F)C(F)F)c1cc2cccc(F)c2o1. The van der Waals surface area contributed by atoms with Crippen LogP contribution in [0.15, 0.2) is 28.7 Å². The molecule has 0 fully saturated rings. The number of furan rings is 1. The second-order valence-electron chi connectivity index (χ2n) is 4.49. The number of ether oxygens (including phenoxy) is 1. The van der Waals surface area contributed by atoms with Crippen LogP contribution in [0, 0.1) is 5.82 Å². The Morgan fingerprint density at radius 2 is 2.00 bits per heavy atom. The van der Waals surface area contributed by atoms with Crippen LogP contribution in [0.1, 0.15) is 11.8 Å². The molecule has 0 saturated heterocycles. The summed E-state index contributed by atoms with van der Waals surface area (Å²) in [4.78, 5) is 0. The summed E-state index contributed by atoms with van der Waals surface area (Å²) in [5.74, 6) is -4.70. The molecule has 0 bridgehead atoms. The minimum atomic E-state index is -4.24. The lowest BCUT2D eigenvalue weighted by Crippen LogP contribution is -2.33. The molecule has 1 atom stereocenters. The van der Waals surface area contributed by atoms with Gasteiger partial charge < -0.3 is 14.9 Å². The number of fused-ring (bicyclic) bond motifs is 1.